The Morgan fingerprint density at radius 1 is 1.15 bits per heavy atom. The first-order valence-corrected chi connectivity index (χ1v) is 8.24. The summed E-state index contributed by atoms with van der Waals surface area (Å²) in [6.07, 6.45) is 12.9. The van der Waals surface area contributed by atoms with Crippen LogP contribution in [-0.2, 0) is 13.0 Å². The lowest BCUT2D eigenvalue weighted by Gasteiger charge is -2.57. The first kappa shape index (κ1) is 12.8. The van der Waals surface area contributed by atoms with Gasteiger partial charge in [-0.2, -0.15) is 0 Å². The Labute approximate surface area is 120 Å². The Bertz CT molecular complexity index is 447. The van der Waals surface area contributed by atoms with E-state index in [4.69, 9.17) is 5.11 Å². The molecule has 4 fully saturated rings. The van der Waals surface area contributed by atoms with Gasteiger partial charge in [0.05, 0.1) is 5.69 Å². The van der Waals surface area contributed by atoms with Gasteiger partial charge in [-0.05, 0) is 68.1 Å². The van der Waals surface area contributed by atoms with Gasteiger partial charge in [-0.25, -0.2) is 0 Å². The van der Waals surface area contributed by atoms with Gasteiger partial charge in [0.15, 0.2) is 0 Å². The summed E-state index contributed by atoms with van der Waals surface area (Å²) < 4.78 is 1.99. The Kier molecular flexibility index (Phi) is 3.09. The van der Waals surface area contributed by atoms with Crippen molar-refractivity contribution in [1.29, 1.82) is 0 Å². The SMILES string of the molecule is OCCc1cn(CCC23CC4CC(CC(C4)C2)C3)nn1. The molecule has 4 nitrogen and oxygen atoms in total. The maximum absolute atomic E-state index is 8.94. The molecule has 0 saturated heterocycles. The van der Waals surface area contributed by atoms with Gasteiger partial charge >= 0.3 is 0 Å². The lowest BCUT2D eigenvalue weighted by atomic mass is 9.49. The molecular formula is C16H25N3O. The third-order valence-corrected chi connectivity index (χ3v) is 5.99. The molecule has 5 rings (SSSR count). The van der Waals surface area contributed by atoms with Gasteiger partial charge in [-0.15, -0.1) is 5.10 Å². The molecule has 4 heteroatoms. The number of hydrogen-bond acceptors (Lipinski definition) is 3. The smallest absolute Gasteiger partial charge is 0.0849 e. The van der Waals surface area contributed by atoms with E-state index in [9.17, 15) is 0 Å². The summed E-state index contributed by atoms with van der Waals surface area (Å²) in [4.78, 5) is 0. The lowest BCUT2D eigenvalue weighted by molar-refractivity contribution is -0.0596. The second-order valence-corrected chi connectivity index (χ2v) is 7.61. The van der Waals surface area contributed by atoms with E-state index in [1.165, 1.54) is 44.9 Å². The van der Waals surface area contributed by atoms with Gasteiger partial charge in [0, 0.05) is 25.8 Å². The summed E-state index contributed by atoms with van der Waals surface area (Å²) in [7, 11) is 0. The molecule has 110 valence electrons. The number of aromatic nitrogens is 3. The van der Waals surface area contributed by atoms with E-state index in [1.54, 1.807) is 0 Å². The first-order chi connectivity index (χ1) is 9.75. The van der Waals surface area contributed by atoms with Gasteiger partial charge in [-0.3, -0.25) is 4.68 Å². The van der Waals surface area contributed by atoms with Gasteiger partial charge in [0.1, 0.15) is 0 Å². The highest BCUT2D eigenvalue weighted by atomic mass is 16.3. The summed E-state index contributed by atoms with van der Waals surface area (Å²) >= 11 is 0. The number of rotatable bonds is 5. The van der Waals surface area contributed by atoms with Crippen molar-refractivity contribution in [2.75, 3.05) is 6.61 Å². The summed E-state index contributed by atoms with van der Waals surface area (Å²) in [6.45, 7) is 1.16. The van der Waals surface area contributed by atoms with Crippen LogP contribution in [0.1, 0.15) is 50.6 Å². The number of aliphatic hydroxyl groups is 1. The molecule has 0 aliphatic heterocycles. The van der Waals surface area contributed by atoms with Crippen LogP contribution in [0.5, 0.6) is 0 Å². The highest BCUT2D eigenvalue weighted by Crippen LogP contribution is 2.61. The molecular weight excluding hydrogens is 250 g/mol. The van der Waals surface area contributed by atoms with E-state index in [0.717, 1.165) is 30.0 Å². The van der Waals surface area contributed by atoms with Gasteiger partial charge in [-0.1, -0.05) is 5.21 Å². The molecule has 1 heterocycles. The van der Waals surface area contributed by atoms with Crippen LogP contribution in [0.2, 0.25) is 0 Å². The molecule has 4 saturated carbocycles. The van der Waals surface area contributed by atoms with Crippen LogP contribution in [0, 0.1) is 23.2 Å². The Morgan fingerprint density at radius 3 is 2.40 bits per heavy atom. The van der Waals surface area contributed by atoms with Crippen molar-refractivity contribution in [1.82, 2.24) is 15.0 Å². The second-order valence-electron chi connectivity index (χ2n) is 7.61. The zero-order valence-corrected chi connectivity index (χ0v) is 12.2. The molecule has 4 bridgehead atoms. The van der Waals surface area contributed by atoms with Crippen molar-refractivity contribution in [3.63, 3.8) is 0 Å². The third kappa shape index (κ3) is 2.28. The van der Waals surface area contributed by atoms with Crippen LogP contribution in [0.4, 0.5) is 0 Å². The summed E-state index contributed by atoms with van der Waals surface area (Å²) in [5, 5.41) is 17.3. The normalized spacial score (nSPS) is 38.5. The van der Waals surface area contributed by atoms with Gasteiger partial charge < -0.3 is 5.11 Å². The third-order valence-electron chi connectivity index (χ3n) is 5.99. The minimum atomic E-state index is 0.160. The number of aryl methyl sites for hydroxylation is 1. The molecule has 0 atom stereocenters. The van der Waals surface area contributed by atoms with E-state index in [-0.39, 0.29) is 6.61 Å². The van der Waals surface area contributed by atoms with Crippen LogP contribution in [-0.4, -0.2) is 26.7 Å². The first-order valence-electron chi connectivity index (χ1n) is 8.24. The quantitative estimate of drug-likeness (QED) is 0.898. The molecule has 20 heavy (non-hydrogen) atoms. The molecule has 0 amide bonds. The standard InChI is InChI=1S/C16H25N3O/c20-4-1-15-11-19(18-17-15)3-2-16-8-12-5-13(9-16)7-14(6-12)10-16/h11-14,20H,1-10H2. The van der Waals surface area contributed by atoms with E-state index >= 15 is 0 Å². The molecule has 0 unspecified atom stereocenters. The second kappa shape index (κ2) is 4.83. The van der Waals surface area contributed by atoms with Crippen molar-refractivity contribution in [2.24, 2.45) is 23.2 Å². The fourth-order valence-electron chi connectivity index (χ4n) is 5.62. The summed E-state index contributed by atoms with van der Waals surface area (Å²) in [5.41, 5.74) is 1.54. The van der Waals surface area contributed by atoms with E-state index in [0.29, 0.717) is 11.8 Å². The Morgan fingerprint density at radius 2 is 1.80 bits per heavy atom. The van der Waals surface area contributed by atoms with Gasteiger partial charge in [0.25, 0.3) is 0 Å². The molecule has 1 N–H and O–H groups in total. The fourth-order valence-corrected chi connectivity index (χ4v) is 5.62. The Hall–Kier alpha value is -0.900. The summed E-state index contributed by atoms with van der Waals surface area (Å²) in [6, 6.07) is 0. The monoisotopic (exact) mass is 275 g/mol. The van der Waals surface area contributed by atoms with Crippen LogP contribution in [0.15, 0.2) is 6.20 Å². The molecule has 4 aliphatic rings. The average Bonchev–Trinajstić information content (AvgIpc) is 2.83. The Balaban J connectivity index is 1.41. The van der Waals surface area contributed by atoms with Crippen molar-refractivity contribution in [2.45, 2.75) is 57.9 Å². The van der Waals surface area contributed by atoms with Gasteiger partial charge in [0.2, 0.25) is 0 Å². The van der Waals surface area contributed by atoms with Crippen LogP contribution in [0.25, 0.3) is 0 Å². The van der Waals surface area contributed by atoms with Crippen LogP contribution in [0.3, 0.4) is 0 Å². The molecule has 4 aliphatic carbocycles. The molecule has 1 aromatic heterocycles. The van der Waals surface area contributed by atoms with Crippen LogP contribution >= 0.6 is 0 Å². The fraction of sp³-hybridized carbons (Fsp3) is 0.875. The number of nitrogens with zero attached hydrogens (tertiary/aromatic N) is 3. The van der Waals surface area contributed by atoms with Crippen molar-refractivity contribution < 1.29 is 5.11 Å². The molecule has 0 radical (unpaired) electrons. The number of hydrogen-bond donors (Lipinski definition) is 1. The lowest BCUT2D eigenvalue weighted by Crippen LogP contribution is -2.46. The zero-order chi connectivity index (χ0) is 13.6. The summed E-state index contributed by atoms with van der Waals surface area (Å²) in [5.74, 6) is 3.09. The zero-order valence-electron chi connectivity index (χ0n) is 12.2. The maximum Gasteiger partial charge on any atom is 0.0849 e. The topological polar surface area (TPSA) is 50.9 Å². The van der Waals surface area contributed by atoms with Crippen LogP contribution < -0.4 is 0 Å². The number of aliphatic hydroxyl groups excluding tert-OH is 1. The minimum absolute atomic E-state index is 0.160. The van der Waals surface area contributed by atoms with E-state index in [1.807, 2.05) is 10.9 Å². The largest absolute Gasteiger partial charge is 0.396 e. The average molecular weight is 275 g/mol. The molecule has 1 aromatic rings. The van der Waals surface area contributed by atoms with Crippen molar-refractivity contribution >= 4 is 0 Å². The van der Waals surface area contributed by atoms with E-state index in [2.05, 4.69) is 10.3 Å². The van der Waals surface area contributed by atoms with E-state index < -0.39 is 0 Å². The predicted molar refractivity (Wildman–Crippen MR) is 76.0 cm³/mol. The maximum atomic E-state index is 8.94. The molecule has 0 aromatic carbocycles. The minimum Gasteiger partial charge on any atom is -0.396 e. The highest BCUT2D eigenvalue weighted by Gasteiger charge is 2.50. The van der Waals surface area contributed by atoms with Crippen molar-refractivity contribution in [3.05, 3.63) is 11.9 Å². The highest BCUT2D eigenvalue weighted by molar-refractivity contribution is 5.01. The van der Waals surface area contributed by atoms with Crippen molar-refractivity contribution in [3.8, 4) is 0 Å². The molecule has 0 spiro atoms. The predicted octanol–water partition coefficient (Wildman–Crippen LogP) is 2.42.